The van der Waals surface area contributed by atoms with Crippen molar-refractivity contribution in [2.75, 3.05) is 26.1 Å². The van der Waals surface area contributed by atoms with E-state index in [1.807, 2.05) is 0 Å². The molecule has 34 heavy (non-hydrogen) atoms. The van der Waals surface area contributed by atoms with E-state index in [1.165, 1.54) is 32.4 Å². The van der Waals surface area contributed by atoms with Crippen molar-refractivity contribution in [1.29, 1.82) is 0 Å². The molecule has 1 heterocycles. The minimum absolute atomic E-state index is 0.0664. The average Bonchev–Trinajstić information content (AvgIpc) is 3.26. The minimum atomic E-state index is -0.606. The monoisotopic (exact) mass is 482 g/mol. The van der Waals surface area contributed by atoms with Crippen LogP contribution in [-0.2, 0) is 9.53 Å². The summed E-state index contributed by atoms with van der Waals surface area (Å²) in [4.78, 5) is 35.8. The number of anilines is 1. The number of nitrogens with zero attached hydrogens (tertiary/aromatic N) is 1. The Kier molecular flexibility index (Phi) is 7.99. The Bertz CT molecular complexity index is 1230. The molecule has 3 aromatic rings. The van der Waals surface area contributed by atoms with Gasteiger partial charge in [0.05, 0.1) is 25.7 Å². The van der Waals surface area contributed by atoms with Crippen LogP contribution in [0, 0.1) is 10.1 Å². The number of ether oxygens (including phenoxy) is 3. The predicted molar refractivity (Wildman–Crippen MR) is 130 cm³/mol. The van der Waals surface area contributed by atoms with Crippen LogP contribution < -0.4 is 14.8 Å². The quantitative estimate of drug-likeness (QED) is 0.193. The Balaban J connectivity index is 1.89. The van der Waals surface area contributed by atoms with Crippen LogP contribution in [0.5, 0.6) is 11.5 Å². The zero-order chi connectivity index (χ0) is 24.7. The van der Waals surface area contributed by atoms with Crippen molar-refractivity contribution in [3.8, 4) is 22.6 Å². The maximum Gasteiger partial charge on any atom is 0.341 e. The van der Waals surface area contributed by atoms with Gasteiger partial charge >= 0.3 is 5.97 Å². The second kappa shape index (κ2) is 11.1. The molecule has 0 bridgehead atoms. The zero-order valence-electron chi connectivity index (χ0n) is 18.7. The van der Waals surface area contributed by atoms with Crippen molar-refractivity contribution in [3.05, 3.63) is 75.2 Å². The predicted octanol–water partition coefficient (Wildman–Crippen LogP) is 5.17. The Morgan fingerprint density at radius 1 is 1.12 bits per heavy atom. The van der Waals surface area contributed by atoms with Crippen LogP contribution in [0.1, 0.15) is 22.8 Å². The number of non-ortho nitro benzene ring substituents is 1. The molecule has 1 aromatic heterocycles. The summed E-state index contributed by atoms with van der Waals surface area (Å²) in [6, 6.07) is 11.0. The fourth-order valence-electron chi connectivity index (χ4n) is 3.12. The van der Waals surface area contributed by atoms with E-state index in [-0.39, 0.29) is 17.9 Å². The molecule has 9 nitrogen and oxygen atoms in total. The summed E-state index contributed by atoms with van der Waals surface area (Å²) in [6.45, 7) is 1.83. The van der Waals surface area contributed by atoms with E-state index in [4.69, 9.17) is 14.2 Å². The number of esters is 1. The second-order valence-corrected chi connectivity index (χ2v) is 7.69. The molecule has 0 radical (unpaired) electrons. The van der Waals surface area contributed by atoms with Gasteiger partial charge in [-0.25, -0.2) is 4.79 Å². The number of hydrogen-bond donors (Lipinski definition) is 1. The maximum atomic E-state index is 12.7. The van der Waals surface area contributed by atoms with Gasteiger partial charge in [0.1, 0.15) is 22.1 Å². The largest absolute Gasteiger partial charge is 0.497 e. The molecule has 0 saturated heterocycles. The van der Waals surface area contributed by atoms with E-state index < -0.39 is 16.8 Å². The van der Waals surface area contributed by atoms with Crippen molar-refractivity contribution < 1.29 is 28.7 Å². The molecular weight excluding hydrogens is 460 g/mol. The molecule has 2 aromatic carbocycles. The molecule has 0 aliphatic heterocycles. The first-order valence-corrected chi connectivity index (χ1v) is 11.0. The summed E-state index contributed by atoms with van der Waals surface area (Å²) in [5, 5.41) is 15.7. The standard InChI is InChI=1S/C24H22N2O7S/c1-4-33-24(28)22-19(15-5-8-17(9-6-15)26(29)30)14-34-23(22)25-21(27)12-7-16-13-18(31-2)10-11-20(16)32-3/h5-14H,4H2,1-3H3,(H,25,27)/b12-7+. The third-order valence-corrected chi connectivity index (χ3v) is 5.64. The van der Waals surface area contributed by atoms with Crippen LogP contribution in [0.2, 0.25) is 0 Å². The number of rotatable bonds is 9. The van der Waals surface area contributed by atoms with Gasteiger partial charge in [-0.3, -0.25) is 14.9 Å². The molecule has 0 atom stereocenters. The number of methoxy groups -OCH3 is 2. The highest BCUT2D eigenvalue weighted by atomic mass is 32.1. The lowest BCUT2D eigenvalue weighted by molar-refractivity contribution is -0.384. The summed E-state index contributed by atoms with van der Waals surface area (Å²) in [6.07, 6.45) is 2.89. The fraction of sp³-hybridized carbons (Fsp3) is 0.167. The number of hydrogen-bond acceptors (Lipinski definition) is 8. The third-order valence-electron chi connectivity index (χ3n) is 4.75. The van der Waals surface area contributed by atoms with Crippen molar-refractivity contribution in [2.45, 2.75) is 6.92 Å². The lowest BCUT2D eigenvalue weighted by Gasteiger charge is -2.08. The molecule has 0 saturated carbocycles. The summed E-state index contributed by atoms with van der Waals surface area (Å²) >= 11 is 1.15. The van der Waals surface area contributed by atoms with Crippen LogP contribution in [0.25, 0.3) is 17.2 Å². The molecule has 3 rings (SSSR count). The minimum Gasteiger partial charge on any atom is -0.497 e. The van der Waals surface area contributed by atoms with Crippen LogP contribution >= 0.6 is 11.3 Å². The van der Waals surface area contributed by atoms with Gasteiger partial charge in [-0.1, -0.05) is 0 Å². The molecule has 0 fully saturated rings. The topological polar surface area (TPSA) is 117 Å². The van der Waals surface area contributed by atoms with Gasteiger partial charge in [0.25, 0.3) is 5.69 Å². The van der Waals surface area contributed by atoms with E-state index in [9.17, 15) is 19.7 Å². The van der Waals surface area contributed by atoms with Gasteiger partial charge in [0, 0.05) is 34.7 Å². The van der Waals surface area contributed by atoms with Gasteiger partial charge in [-0.15, -0.1) is 11.3 Å². The number of nitro benzene ring substituents is 1. The second-order valence-electron chi connectivity index (χ2n) is 6.81. The fourth-order valence-corrected chi connectivity index (χ4v) is 4.08. The van der Waals surface area contributed by atoms with Crippen molar-refractivity contribution in [1.82, 2.24) is 0 Å². The normalized spacial score (nSPS) is 10.7. The lowest BCUT2D eigenvalue weighted by atomic mass is 10.0. The van der Waals surface area contributed by atoms with Crippen LogP contribution in [-0.4, -0.2) is 37.6 Å². The van der Waals surface area contributed by atoms with E-state index in [0.29, 0.717) is 33.2 Å². The van der Waals surface area contributed by atoms with Crippen LogP contribution in [0.4, 0.5) is 10.7 Å². The van der Waals surface area contributed by atoms with Gasteiger partial charge in [0.2, 0.25) is 5.91 Å². The Morgan fingerprint density at radius 2 is 1.85 bits per heavy atom. The van der Waals surface area contributed by atoms with Crippen molar-refractivity contribution >= 4 is 40.0 Å². The third kappa shape index (κ3) is 5.59. The molecule has 1 N–H and O–H groups in total. The number of nitro groups is 1. The summed E-state index contributed by atoms with van der Waals surface area (Å²) < 4.78 is 15.7. The Morgan fingerprint density at radius 3 is 2.47 bits per heavy atom. The highest BCUT2D eigenvalue weighted by molar-refractivity contribution is 7.15. The first-order valence-electron chi connectivity index (χ1n) is 10.1. The number of thiophene rings is 1. The first-order chi connectivity index (χ1) is 16.4. The van der Waals surface area contributed by atoms with Gasteiger partial charge in [-0.2, -0.15) is 0 Å². The van der Waals surface area contributed by atoms with E-state index in [2.05, 4.69) is 5.32 Å². The maximum absolute atomic E-state index is 12.7. The van der Waals surface area contributed by atoms with Crippen LogP contribution in [0.3, 0.4) is 0 Å². The number of benzene rings is 2. The van der Waals surface area contributed by atoms with Gasteiger partial charge in [0.15, 0.2) is 0 Å². The SMILES string of the molecule is CCOC(=O)c1c(-c2ccc([N+](=O)[O-])cc2)csc1NC(=O)/C=C/c1cc(OC)ccc1OC. The molecule has 1 amide bonds. The molecule has 0 spiro atoms. The molecule has 0 aliphatic carbocycles. The molecular formula is C24H22N2O7S. The number of carbonyl (C=O) groups is 2. The molecule has 10 heteroatoms. The van der Waals surface area contributed by atoms with Gasteiger partial charge in [-0.05, 0) is 48.9 Å². The number of carbonyl (C=O) groups excluding carboxylic acids is 2. The highest BCUT2D eigenvalue weighted by Crippen LogP contribution is 2.37. The molecule has 0 aliphatic rings. The molecule has 176 valence electrons. The Hall–Kier alpha value is -4.18. The van der Waals surface area contributed by atoms with E-state index >= 15 is 0 Å². The smallest absolute Gasteiger partial charge is 0.341 e. The summed E-state index contributed by atoms with van der Waals surface area (Å²) in [7, 11) is 3.06. The highest BCUT2D eigenvalue weighted by Gasteiger charge is 2.23. The summed E-state index contributed by atoms with van der Waals surface area (Å²) in [5.74, 6) is 0.100. The van der Waals surface area contributed by atoms with Crippen molar-refractivity contribution in [2.24, 2.45) is 0 Å². The number of amides is 1. The summed E-state index contributed by atoms with van der Waals surface area (Å²) in [5.41, 5.74) is 1.85. The van der Waals surface area contributed by atoms with Crippen molar-refractivity contribution in [3.63, 3.8) is 0 Å². The Labute approximate surface area is 199 Å². The zero-order valence-corrected chi connectivity index (χ0v) is 19.5. The lowest BCUT2D eigenvalue weighted by Crippen LogP contribution is -2.12. The first kappa shape index (κ1) is 24.5. The van der Waals surface area contributed by atoms with Crippen LogP contribution in [0.15, 0.2) is 53.9 Å². The van der Waals surface area contributed by atoms with E-state index in [1.54, 1.807) is 48.7 Å². The molecule has 0 unspecified atom stereocenters. The van der Waals surface area contributed by atoms with E-state index in [0.717, 1.165) is 11.3 Å². The van der Waals surface area contributed by atoms with Gasteiger partial charge < -0.3 is 19.5 Å². The number of nitrogens with one attached hydrogen (secondary N) is 1. The average molecular weight is 483 g/mol.